The highest BCUT2D eigenvalue weighted by Crippen LogP contribution is 2.26. The van der Waals surface area contributed by atoms with E-state index in [1.807, 2.05) is 67.6 Å². The summed E-state index contributed by atoms with van der Waals surface area (Å²) >= 11 is 0. The molecule has 1 fully saturated rings. The molecule has 0 radical (unpaired) electrons. The minimum absolute atomic E-state index is 0.0921. The van der Waals surface area contributed by atoms with Crippen LogP contribution in [-0.2, 0) is 9.53 Å². The summed E-state index contributed by atoms with van der Waals surface area (Å²) in [4.78, 5) is 15.3. The summed E-state index contributed by atoms with van der Waals surface area (Å²) in [5.74, 6) is -0.535. The maximum atomic E-state index is 12.9. The zero-order chi connectivity index (χ0) is 16.8. The van der Waals surface area contributed by atoms with Crippen molar-refractivity contribution in [2.24, 2.45) is 0 Å². The van der Waals surface area contributed by atoms with Gasteiger partial charge in [0.15, 0.2) is 0 Å². The minimum Gasteiger partial charge on any atom is -0.461 e. The van der Waals surface area contributed by atoms with Crippen molar-refractivity contribution >= 4 is 5.97 Å². The fourth-order valence-corrected chi connectivity index (χ4v) is 3.39. The lowest BCUT2D eigenvalue weighted by Crippen LogP contribution is -2.33. The van der Waals surface area contributed by atoms with Crippen LogP contribution in [0.15, 0.2) is 60.7 Å². The van der Waals surface area contributed by atoms with Gasteiger partial charge in [-0.2, -0.15) is 0 Å². The van der Waals surface area contributed by atoms with Crippen LogP contribution in [0.2, 0.25) is 0 Å². The molecule has 1 saturated heterocycles. The Morgan fingerprint density at radius 3 is 1.96 bits per heavy atom. The van der Waals surface area contributed by atoms with Crippen LogP contribution in [0.3, 0.4) is 0 Å². The predicted molar refractivity (Wildman–Crippen MR) is 96.0 cm³/mol. The van der Waals surface area contributed by atoms with Crippen LogP contribution in [0.5, 0.6) is 0 Å². The molecule has 0 saturated carbocycles. The standard InChI is InChI=1S/C21H25NO2/c1-17(16-22-14-8-9-15-22)24-21(23)20(18-10-4-2-5-11-18)19-12-6-3-7-13-19/h2-7,10-13,17,20H,8-9,14-16H2,1H3/t17-/m0/s1. The Kier molecular flexibility index (Phi) is 5.65. The number of likely N-dealkylation sites (tertiary alicyclic amines) is 1. The van der Waals surface area contributed by atoms with Gasteiger partial charge in [0.05, 0.1) is 0 Å². The van der Waals surface area contributed by atoms with Crippen LogP contribution in [0.1, 0.15) is 36.8 Å². The fraction of sp³-hybridized carbons (Fsp3) is 0.381. The van der Waals surface area contributed by atoms with Crippen LogP contribution >= 0.6 is 0 Å². The lowest BCUT2D eigenvalue weighted by atomic mass is 9.91. The van der Waals surface area contributed by atoms with Gasteiger partial charge in [0.1, 0.15) is 12.0 Å². The molecule has 0 spiro atoms. The first-order chi connectivity index (χ1) is 11.7. The summed E-state index contributed by atoms with van der Waals surface area (Å²) in [5, 5.41) is 0. The second-order valence-electron chi connectivity index (χ2n) is 6.51. The zero-order valence-corrected chi connectivity index (χ0v) is 14.2. The Labute approximate surface area is 144 Å². The van der Waals surface area contributed by atoms with Gasteiger partial charge in [-0.15, -0.1) is 0 Å². The van der Waals surface area contributed by atoms with E-state index in [0.717, 1.165) is 30.8 Å². The molecule has 0 N–H and O–H groups in total. The van der Waals surface area contributed by atoms with E-state index in [9.17, 15) is 4.79 Å². The molecule has 126 valence electrons. The summed E-state index contributed by atoms with van der Waals surface area (Å²) in [7, 11) is 0. The molecule has 2 aromatic carbocycles. The molecule has 0 amide bonds. The maximum Gasteiger partial charge on any atom is 0.318 e. The lowest BCUT2D eigenvalue weighted by Gasteiger charge is -2.23. The molecule has 0 bridgehead atoms. The van der Waals surface area contributed by atoms with Crippen molar-refractivity contribution in [1.29, 1.82) is 0 Å². The van der Waals surface area contributed by atoms with Gasteiger partial charge in [0.2, 0.25) is 0 Å². The van der Waals surface area contributed by atoms with Gasteiger partial charge >= 0.3 is 5.97 Å². The van der Waals surface area contributed by atoms with E-state index in [-0.39, 0.29) is 18.0 Å². The number of carbonyl (C=O) groups is 1. The molecule has 1 atom stereocenters. The van der Waals surface area contributed by atoms with Gasteiger partial charge in [-0.05, 0) is 44.0 Å². The summed E-state index contributed by atoms with van der Waals surface area (Å²) < 4.78 is 5.80. The van der Waals surface area contributed by atoms with E-state index in [1.54, 1.807) is 0 Å². The quantitative estimate of drug-likeness (QED) is 0.756. The lowest BCUT2D eigenvalue weighted by molar-refractivity contribution is -0.149. The van der Waals surface area contributed by atoms with E-state index in [2.05, 4.69) is 4.90 Å². The van der Waals surface area contributed by atoms with Gasteiger partial charge in [-0.3, -0.25) is 9.69 Å². The maximum absolute atomic E-state index is 12.9. The van der Waals surface area contributed by atoms with E-state index < -0.39 is 0 Å². The SMILES string of the molecule is C[C@@H](CN1CCCC1)OC(=O)C(c1ccccc1)c1ccccc1. The molecule has 0 aliphatic carbocycles. The summed E-state index contributed by atoms with van der Waals surface area (Å²) in [5.41, 5.74) is 1.95. The average Bonchev–Trinajstić information content (AvgIpc) is 3.10. The monoisotopic (exact) mass is 323 g/mol. The highest BCUT2D eigenvalue weighted by atomic mass is 16.5. The predicted octanol–water partition coefficient (Wildman–Crippen LogP) is 3.85. The zero-order valence-electron chi connectivity index (χ0n) is 14.2. The smallest absolute Gasteiger partial charge is 0.318 e. The summed E-state index contributed by atoms with van der Waals surface area (Å²) in [6, 6.07) is 19.7. The van der Waals surface area contributed by atoms with Crippen LogP contribution in [0.4, 0.5) is 0 Å². The van der Waals surface area contributed by atoms with Crippen LogP contribution in [0, 0.1) is 0 Å². The number of benzene rings is 2. The Hall–Kier alpha value is -2.13. The second-order valence-corrected chi connectivity index (χ2v) is 6.51. The molecule has 1 aliphatic heterocycles. The van der Waals surface area contributed by atoms with Crippen molar-refractivity contribution in [2.45, 2.75) is 31.8 Å². The fourth-order valence-electron chi connectivity index (χ4n) is 3.39. The van der Waals surface area contributed by atoms with E-state index in [1.165, 1.54) is 12.8 Å². The van der Waals surface area contributed by atoms with Crippen molar-refractivity contribution in [1.82, 2.24) is 4.90 Å². The molecule has 3 rings (SSSR count). The van der Waals surface area contributed by atoms with E-state index >= 15 is 0 Å². The van der Waals surface area contributed by atoms with Gasteiger partial charge in [-0.1, -0.05) is 60.7 Å². The van der Waals surface area contributed by atoms with Gasteiger partial charge in [-0.25, -0.2) is 0 Å². The number of carbonyl (C=O) groups excluding carboxylic acids is 1. The Morgan fingerprint density at radius 2 is 1.46 bits per heavy atom. The molecule has 3 heteroatoms. The first kappa shape index (κ1) is 16.7. The molecule has 0 unspecified atom stereocenters. The number of ether oxygens (including phenoxy) is 1. The molecule has 3 nitrogen and oxygen atoms in total. The van der Waals surface area contributed by atoms with Gasteiger partial charge in [0, 0.05) is 6.54 Å². The molecule has 0 aromatic heterocycles. The van der Waals surface area contributed by atoms with E-state index in [0.29, 0.717) is 0 Å². The molecular weight excluding hydrogens is 298 g/mol. The third kappa shape index (κ3) is 4.24. The van der Waals surface area contributed by atoms with Crippen LogP contribution in [0.25, 0.3) is 0 Å². The largest absolute Gasteiger partial charge is 0.461 e. The van der Waals surface area contributed by atoms with E-state index in [4.69, 9.17) is 4.74 Å². The number of hydrogen-bond acceptors (Lipinski definition) is 3. The normalized spacial score (nSPS) is 16.2. The summed E-state index contributed by atoms with van der Waals surface area (Å²) in [6.07, 6.45) is 2.40. The molecule has 24 heavy (non-hydrogen) atoms. The Bertz CT molecular complexity index is 596. The van der Waals surface area contributed by atoms with Crippen LogP contribution < -0.4 is 0 Å². The number of esters is 1. The second kappa shape index (κ2) is 8.11. The Morgan fingerprint density at radius 1 is 0.958 bits per heavy atom. The van der Waals surface area contributed by atoms with Crippen molar-refractivity contribution < 1.29 is 9.53 Å². The number of hydrogen-bond donors (Lipinski definition) is 0. The van der Waals surface area contributed by atoms with Gasteiger partial charge < -0.3 is 4.74 Å². The van der Waals surface area contributed by atoms with Crippen molar-refractivity contribution in [3.8, 4) is 0 Å². The molecule has 1 aliphatic rings. The highest BCUT2D eigenvalue weighted by molar-refractivity contribution is 5.82. The minimum atomic E-state index is -0.367. The topological polar surface area (TPSA) is 29.5 Å². The Balaban J connectivity index is 1.74. The van der Waals surface area contributed by atoms with Crippen molar-refractivity contribution in [3.63, 3.8) is 0 Å². The molecular formula is C21H25NO2. The van der Waals surface area contributed by atoms with Gasteiger partial charge in [0.25, 0.3) is 0 Å². The third-order valence-electron chi connectivity index (χ3n) is 4.53. The third-order valence-corrected chi connectivity index (χ3v) is 4.53. The van der Waals surface area contributed by atoms with Crippen LogP contribution in [-0.4, -0.2) is 36.6 Å². The molecule has 1 heterocycles. The molecule has 2 aromatic rings. The first-order valence-electron chi connectivity index (χ1n) is 8.77. The average molecular weight is 323 g/mol. The number of rotatable bonds is 6. The summed E-state index contributed by atoms with van der Waals surface area (Å²) in [6.45, 7) is 5.04. The van der Waals surface area contributed by atoms with Crippen molar-refractivity contribution in [3.05, 3.63) is 71.8 Å². The first-order valence-corrected chi connectivity index (χ1v) is 8.77. The number of nitrogens with zero attached hydrogens (tertiary/aromatic N) is 1. The van der Waals surface area contributed by atoms with Crippen molar-refractivity contribution in [2.75, 3.05) is 19.6 Å². The highest BCUT2D eigenvalue weighted by Gasteiger charge is 2.26.